The zero-order valence-electron chi connectivity index (χ0n) is 7.89. The van der Waals surface area contributed by atoms with Crippen LogP contribution in [0.4, 0.5) is 0 Å². The summed E-state index contributed by atoms with van der Waals surface area (Å²) in [5, 5.41) is 5.48. The van der Waals surface area contributed by atoms with Gasteiger partial charge in [0.05, 0.1) is 13.1 Å². The van der Waals surface area contributed by atoms with Crippen molar-refractivity contribution in [2.45, 2.75) is 13.5 Å². The smallest absolute Gasteiger partial charge is 0.233 e. The van der Waals surface area contributed by atoms with Gasteiger partial charge in [0.2, 0.25) is 5.91 Å². The van der Waals surface area contributed by atoms with Gasteiger partial charge in [-0.05, 0) is 19.1 Å². The first-order valence-corrected chi connectivity index (χ1v) is 4.19. The molecule has 0 aliphatic rings. The Morgan fingerprint density at radius 2 is 2.31 bits per heavy atom. The average Bonchev–Trinajstić information content (AvgIpc) is 2.51. The Labute approximate surface area is 77.3 Å². The summed E-state index contributed by atoms with van der Waals surface area (Å²) in [5.74, 6) is 1.71. The van der Waals surface area contributed by atoms with Crippen molar-refractivity contribution in [1.82, 2.24) is 10.6 Å². The Morgan fingerprint density at radius 1 is 1.54 bits per heavy atom. The number of hydrogen-bond acceptors (Lipinski definition) is 3. The zero-order valence-corrected chi connectivity index (χ0v) is 7.89. The molecule has 4 heteroatoms. The van der Waals surface area contributed by atoms with Crippen LogP contribution in [-0.4, -0.2) is 19.5 Å². The minimum Gasteiger partial charge on any atom is -0.465 e. The van der Waals surface area contributed by atoms with Crippen molar-refractivity contribution in [3.8, 4) is 0 Å². The van der Waals surface area contributed by atoms with Gasteiger partial charge >= 0.3 is 0 Å². The first kappa shape index (κ1) is 9.80. The summed E-state index contributed by atoms with van der Waals surface area (Å²) in [6.45, 7) is 2.79. The van der Waals surface area contributed by atoms with Crippen molar-refractivity contribution in [1.29, 1.82) is 0 Å². The summed E-state index contributed by atoms with van der Waals surface area (Å²) < 4.78 is 5.30. The fraction of sp³-hybridized carbons (Fsp3) is 0.444. The number of hydrogen-bond donors (Lipinski definition) is 2. The number of carbonyl (C=O) groups is 1. The number of rotatable bonds is 4. The second-order valence-electron chi connectivity index (χ2n) is 2.79. The molecule has 13 heavy (non-hydrogen) atoms. The standard InChI is InChI=1S/C9H14N2O2/c1-7-3-4-8(13-7)5-11-6-9(12)10-2/h3-4,11H,5-6H2,1-2H3,(H,10,12). The molecule has 1 aromatic heterocycles. The predicted molar refractivity (Wildman–Crippen MR) is 49.2 cm³/mol. The van der Waals surface area contributed by atoms with Crippen molar-refractivity contribution in [3.63, 3.8) is 0 Å². The van der Waals surface area contributed by atoms with Crippen molar-refractivity contribution in [2.75, 3.05) is 13.6 Å². The lowest BCUT2D eigenvalue weighted by Crippen LogP contribution is -2.30. The zero-order chi connectivity index (χ0) is 9.68. The van der Waals surface area contributed by atoms with E-state index in [1.165, 1.54) is 0 Å². The summed E-state index contributed by atoms with van der Waals surface area (Å²) in [6.07, 6.45) is 0. The summed E-state index contributed by atoms with van der Waals surface area (Å²) in [5.41, 5.74) is 0. The number of amides is 1. The topological polar surface area (TPSA) is 54.3 Å². The predicted octanol–water partition coefficient (Wildman–Crippen LogP) is 0.424. The van der Waals surface area contributed by atoms with E-state index in [1.807, 2.05) is 19.1 Å². The third-order valence-electron chi connectivity index (χ3n) is 1.66. The molecule has 0 saturated carbocycles. The quantitative estimate of drug-likeness (QED) is 0.709. The molecule has 1 aromatic rings. The molecule has 1 heterocycles. The average molecular weight is 182 g/mol. The van der Waals surface area contributed by atoms with Crippen molar-refractivity contribution >= 4 is 5.91 Å². The van der Waals surface area contributed by atoms with Crippen LogP contribution in [-0.2, 0) is 11.3 Å². The highest BCUT2D eigenvalue weighted by atomic mass is 16.3. The fourth-order valence-electron chi connectivity index (χ4n) is 0.968. The molecule has 0 radical (unpaired) electrons. The number of nitrogens with one attached hydrogen (secondary N) is 2. The van der Waals surface area contributed by atoms with Crippen molar-refractivity contribution in [2.24, 2.45) is 0 Å². The monoisotopic (exact) mass is 182 g/mol. The minimum absolute atomic E-state index is 0.0247. The Hall–Kier alpha value is -1.29. The van der Waals surface area contributed by atoms with Gasteiger partial charge in [-0.25, -0.2) is 0 Å². The molecule has 0 saturated heterocycles. The highest BCUT2D eigenvalue weighted by Gasteiger charge is 1.99. The summed E-state index contributed by atoms with van der Waals surface area (Å²) in [7, 11) is 1.61. The van der Waals surface area contributed by atoms with Gasteiger partial charge in [-0.2, -0.15) is 0 Å². The van der Waals surface area contributed by atoms with Crippen LogP contribution < -0.4 is 10.6 Å². The van der Waals surface area contributed by atoms with Gasteiger partial charge in [0.25, 0.3) is 0 Å². The maximum atomic E-state index is 10.8. The van der Waals surface area contributed by atoms with Crippen LogP contribution in [0.5, 0.6) is 0 Å². The highest BCUT2D eigenvalue weighted by molar-refractivity contribution is 5.77. The Balaban J connectivity index is 2.24. The molecule has 0 bridgehead atoms. The Kier molecular flexibility index (Phi) is 3.52. The van der Waals surface area contributed by atoms with E-state index in [-0.39, 0.29) is 5.91 Å². The number of likely N-dealkylation sites (N-methyl/N-ethyl adjacent to an activating group) is 1. The van der Waals surface area contributed by atoms with Crippen molar-refractivity contribution < 1.29 is 9.21 Å². The molecule has 0 fully saturated rings. The van der Waals surface area contributed by atoms with Crippen LogP contribution in [0.1, 0.15) is 11.5 Å². The molecule has 1 rings (SSSR count). The largest absolute Gasteiger partial charge is 0.465 e. The second-order valence-corrected chi connectivity index (χ2v) is 2.79. The maximum absolute atomic E-state index is 10.8. The van der Waals surface area contributed by atoms with E-state index in [4.69, 9.17) is 4.42 Å². The van der Waals surface area contributed by atoms with Gasteiger partial charge in [-0.15, -0.1) is 0 Å². The molecule has 1 amide bonds. The van der Waals surface area contributed by atoms with Crippen LogP contribution in [0.15, 0.2) is 16.5 Å². The van der Waals surface area contributed by atoms with E-state index in [0.717, 1.165) is 11.5 Å². The van der Waals surface area contributed by atoms with Gasteiger partial charge < -0.3 is 15.1 Å². The van der Waals surface area contributed by atoms with E-state index >= 15 is 0 Å². The van der Waals surface area contributed by atoms with Crippen LogP contribution in [0.2, 0.25) is 0 Å². The molecule has 0 spiro atoms. The molecular weight excluding hydrogens is 168 g/mol. The van der Waals surface area contributed by atoms with Gasteiger partial charge in [0.1, 0.15) is 11.5 Å². The Bertz CT molecular complexity index is 281. The molecule has 0 atom stereocenters. The van der Waals surface area contributed by atoms with E-state index in [2.05, 4.69) is 10.6 Å². The van der Waals surface area contributed by atoms with Gasteiger partial charge in [0.15, 0.2) is 0 Å². The lowest BCUT2D eigenvalue weighted by atomic mass is 10.4. The van der Waals surface area contributed by atoms with Crippen LogP contribution in [0, 0.1) is 6.92 Å². The lowest BCUT2D eigenvalue weighted by Gasteiger charge is -2.00. The number of furan rings is 1. The first-order valence-electron chi connectivity index (χ1n) is 4.19. The minimum atomic E-state index is -0.0247. The lowest BCUT2D eigenvalue weighted by molar-refractivity contribution is -0.119. The molecule has 0 unspecified atom stereocenters. The summed E-state index contributed by atoms with van der Waals surface area (Å²) >= 11 is 0. The summed E-state index contributed by atoms with van der Waals surface area (Å²) in [6, 6.07) is 3.79. The van der Waals surface area contributed by atoms with E-state index in [9.17, 15) is 4.79 Å². The Morgan fingerprint density at radius 3 is 2.85 bits per heavy atom. The highest BCUT2D eigenvalue weighted by Crippen LogP contribution is 2.04. The van der Waals surface area contributed by atoms with E-state index < -0.39 is 0 Å². The van der Waals surface area contributed by atoms with Crippen LogP contribution in [0.3, 0.4) is 0 Å². The van der Waals surface area contributed by atoms with E-state index in [0.29, 0.717) is 13.1 Å². The third-order valence-corrected chi connectivity index (χ3v) is 1.66. The fourth-order valence-corrected chi connectivity index (χ4v) is 0.968. The third kappa shape index (κ3) is 3.29. The first-order chi connectivity index (χ1) is 6.22. The normalized spacial score (nSPS) is 10.0. The van der Waals surface area contributed by atoms with Gasteiger partial charge in [-0.3, -0.25) is 4.79 Å². The SMILES string of the molecule is CNC(=O)CNCc1ccc(C)o1. The molecule has 0 aromatic carbocycles. The summed E-state index contributed by atoms with van der Waals surface area (Å²) in [4.78, 5) is 10.8. The van der Waals surface area contributed by atoms with Crippen molar-refractivity contribution in [3.05, 3.63) is 23.7 Å². The second kappa shape index (κ2) is 4.67. The molecule has 4 nitrogen and oxygen atoms in total. The molecule has 0 aliphatic carbocycles. The number of aryl methyl sites for hydroxylation is 1. The van der Waals surface area contributed by atoms with Gasteiger partial charge in [-0.1, -0.05) is 0 Å². The molecule has 72 valence electrons. The van der Waals surface area contributed by atoms with Crippen LogP contribution in [0.25, 0.3) is 0 Å². The van der Waals surface area contributed by atoms with Gasteiger partial charge in [0, 0.05) is 7.05 Å². The number of carbonyl (C=O) groups excluding carboxylic acids is 1. The molecular formula is C9H14N2O2. The molecule has 0 aliphatic heterocycles. The van der Waals surface area contributed by atoms with Crippen LogP contribution >= 0.6 is 0 Å². The maximum Gasteiger partial charge on any atom is 0.233 e. The van der Waals surface area contributed by atoms with E-state index in [1.54, 1.807) is 7.05 Å². The molecule has 2 N–H and O–H groups in total.